The van der Waals surface area contributed by atoms with Gasteiger partial charge in [0.2, 0.25) is 5.88 Å². The molecule has 8 heteroatoms. The van der Waals surface area contributed by atoms with Gasteiger partial charge in [-0.25, -0.2) is 9.78 Å². The largest absolute Gasteiger partial charge is 0.479 e. The van der Waals surface area contributed by atoms with E-state index in [1.165, 1.54) is 44.1 Å². The molecule has 1 atom stereocenters. The molecule has 2 saturated carbocycles. The number of fused-ring (bicyclic) bond motifs is 1. The van der Waals surface area contributed by atoms with Crippen molar-refractivity contribution in [2.45, 2.75) is 71.6 Å². The van der Waals surface area contributed by atoms with Crippen LogP contribution < -0.4 is 10.5 Å². The molecular formula is C26H33N3O5. The molecule has 0 spiro atoms. The summed E-state index contributed by atoms with van der Waals surface area (Å²) in [5.74, 6) is -1.79. The molecule has 2 aromatic heterocycles. The van der Waals surface area contributed by atoms with E-state index in [4.69, 9.17) is 15.6 Å². The zero-order chi connectivity index (χ0) is 24.4. The Hall–Kier alpha value is -3.16. The van der Waals surface area contributed by atoms with Crippen molar-refractivity contribution >= 4 is 29.3 Å². The second kappa shape index (κ2) is 9.99. The molecule has 0 radical (unpaired) electrons. The fraction of sp³-hybridized carbons (Fsp3) is 0.538. The zero-order valence-corrected chi connectivity index (χ0v) is 19.9. The summed E-state index contributed by atoms with van der Waals surface area (Å²) in [6, 6.07) is 0. The number of aliphatic carboxylic acids is 1. The monoisotopic (exact) mass is 467 g/mol. The number of hydrogen-bond acceptors (Lipinski definition) is 5. The number of carboxylic acid groups (broad SMARTS) is 1. The lowest BCUT2D eigenvalue weighted by molar-refractivity contribution is -0.139. The van der Waals surface area contributed by atoms with Crippen LogP contribution in [0.3, 0.4) is 0 Å². The Morgan fingerprint density at radius 1 is 1.21 bits per heavy atom. The number of nitrogens with two attached hydrogens (primary N) is 1. The summed E-state index contributed by atoms with van der Waals surface area (Å²) >= 11 is 0. The zero-order valence-electron chi connectivity index (χ0n) is 19.9. The number of rotatable bonds is 8. The highest BCUT2D eigenvalue weighted by atomic mass is 16.5. The summed E-state index contributed by atoms with van der Waals surface area (Å²) < 4.78 is 7.32. The van der Waals surface area contributed by atoms with Gasteiger partial charge >= 0.3 is 5.97 Å². The number of carbonyl (C=O) groups excluding carboxylic acids is 2. The molecule has 182 valence electrons. The molecular weight excluding hydrogens is 434 g/mol. The highest BCUT2D eigenvalue weighted by molar-refractivity contribution is 6.44. The molecule has 0 aromatic carbocycles. The van der Waals surface area contributed by atoms with Crippen molar-refractivity contribution in [3.05, 3.63) is 34.3 Å². The smallest absolute Gasteiger partial charge is 0.341 e. The van der Waals surface area contributed by atoms with Gasteiger partial charge < -0.3 is 20.0 Å². The number of aromatic nitrogens is 2. The number of ether oxygens (including phenoxy) is 1. The van der Waals surface area contributed by atoms with E-state index < -0.39 is 24.3 Å². The fourth-order valence-electron chi connectivity index (χ4n) is 5.86. The summed E-state index contributed by atoms with van der Waals surface area (Å²) in [6.45, 7) is 3.11. The number of primary amides is 1. The number of amides is 1. The number of nitrogens with zero attached hydrogens (tertiary/aromatic N) is 2. The first kappa shape index (κ1) is 24.0. The van der Waals surface area contributed by atoms with Crippen molar-refractivity contribution < 1.29 is 24.2 Å². The summed E-state index contributed by atoms with van der Waals surface area (Å²) in [6.07, 6.45) is 14.2. The molecule has 0 bridgehead atoms. The normalized spacial score (nSPS) is 20.2. The molecule has 3 N–H and O–H groups in total. The molecule has 1 unspecified atom stereocenters. The molecule has 0 aliphatic heterocycles. The molecule has 2 heterocycles. The van der Waals surface area contributed by atoms with Crippen LogP contribution in [0.4, 0.5) is 0 Å². The van der Waals surface area contributed by atoms with Crippen LogP contribution in [0, 0.1) is 18.8 Å². The number of aryl methyl sites for hydroxylation is 1. The summed E-state index contributed by atoms with van der Waals surface area (Å²) in [5, 5.41) is 9.13. The van der Waals surface area contributed by atoms with E-state index in [0.29, 0.717) is 35.0 Å². The predicted molar refractivity (Wildman–Crippen MR) is 128 cm³/mol. The minimum atomic E-state index is -1.16. The highest BCUT2D eigenvalue weighted by Crippen LogP contribution is 2.43. The van der Waals surface area contributed by atoms with Crippen LogP contribution in [0.2, 0.25) is 0 Å². The summed E-state index contributed by atoms with van der Waals surface area (Å²) in [4.78, 5) is 40.5. The van der Waals surface area contributed by atoms with Crippen LogP contribution in [-0.4, -0.2) is 38.8 Å². The third-order valence-corrected chi connectivity index (χ3v) is 7.28. The SMILES string of the molecule is CCc1c(C(=O)C(N)=O)c2c(OCC(=O)O)nc(C)cn2c1/C=C1\CCCCC1C1CCCC1. The standard InChI is InChI=1S/C26H33N3O5/c1-3-18-20(12-17-10-6-7-11-19(17)16-8-4-5-9-16)29-13-15(2)28-26(34-14-21(30)31)23(29)22(18)24(32)25(27)33/h12-13,16,19H,3-11,14H2,1-2H3,(H2,27,33)(H,30,31)/b17-12+. The number of allylic oxidation sites excluding steroid dienone is 1. The Kier molecular flexibility index (Phi) is 7.05. The molecule has 2 aromatic rings. The van der Waals surface area contributed by atoms with E-state index in [-0.39, 0.29) is 11.4 Å². The van der Waals surface area contributed by atoms with Crippen LogP contribution in [-0.2, 0) is 16.0 Å². The summed E-state index contributed by atoms with van der Waals surface area (Å²) in [7, 11) is 0. The maximum atomic E-state index is 13.0. The van der Waals surface area contributed by atoms with Crippen LogP contribution in [0.1, 0.15) is 85.6 Å². The van der Waals surface area contributed by atoms with Gasteiger partial charge in [0.25, 0.3) is 11.7 Å². The van der Waals surface area contributed by atoms with Crippen molar-refractivity contribution in [1.82, 2.24) is 9.38 Å². The Morgan fingerprint density at radius 2 is 1.91 bits per heavy atom. The van der Waals surface area contributed by atoms with Gasteiger partial charge in [-0.1, -0.05) is 31.8 Å². The molecule has 2 fully saturated rings. The third-order valence-electron chi connectivity index (χ3n) is 7.28. The van der Waals surface area contributed by atoms with E-state index in [1.807, 2.05) is 11.3 Å². The van der Waals surface area contributed by atoms with E-state index in [2.05, 4.69) is 11.1 Å². The van der Waals surface area contributed by atoms with Crippen molar-refractivity contribution in [2.75, 3.05) is 6.61 Å². The Labute approximate surface area is 199 Å². The molecule has 8 nitrogen and oxygen atoms in total. The van der Waals surface area contributed by atoms with Crippen molar-refractivity contribution in [3.8, 4) is 5.88 Å². The first-order valence-electron chi connectivity index (χ1n) is 12.3. The first-order valence-corrected chi connectivity index (χ1v) is 12.3. The van der Waals surface area contributed by atoms with Crippen LogP contribution in [0.25, 0.3) is 11.6 Å². The Morgan fingerprint density at radius 3 is 2.56 bits per heavy atom. The molecule has 2 aliphatic rings. The third kappa shape index (κ3) is 4.58. The molecule has 0 saturated heterocycles. The maximum Gasteiger partial charge on any atom is 0.341 e. The maximum absolute atomic E-state index is 13.0. The first-order chi connectivity index (χ1) is 16.3. The van der Waals surface area contributed by atoms with Gasteiger partial charge in [0.05, 0.1) is 11.3 Å². The molecule has 1 amide bonds. The predicted octanol–water partition coefficient (Wildman–Crippen LogP) is 4.10. The second-order valence-corrected chi connectivity index (χ2v) is 9.49. The van der Waals surface area contributed by atoms with E-state index in [9.17, 15) is 14.4 Å². The topological polar surface area (TPSA) is 124 Å². The lowest BCUT2D eigenvalue weighted by atomic mass is 9.75. The molecule has 4 rings (SSSR count). The number of carboxylic acids is 1. The van der Waals surface area contributed by atoms with Crippen LogP contribution in [0.5, 0.6) is 5.88 Å². The number of Topliss-reactive ketones (excluding diaryl/α,β-unsaturated/α-hetero) is 1. The van der Waals surface area contributed by atoms with E-state index >= 15 is 0 Å². The van der Waals surface area contributed by atoms with Gasteiger partial charge in [-0.05, 0) is 68.9 Å². The van der Waals surface area contributed by atoms with E-state index in [0.717, 1.165) is 18.5 Å². The van der Waals surface area contributed by atoms with Gasteiger partial charge in [-0.3, -0.25) is 9.59 Å². The van der Waals surface area contributed by atoms with Gasteiger partial charge in [0.15, 0.2) is 6.61 Å². The van der Waals surface area contributed by atoms with E-state index in [1.54, 1.807) is 13.1 Å². The van der Waals surface area contributed by atoms with Crippen molar-refractivity contribution in [1.29, 1.82) is 0 Å². The van der Waals surface area contributed by atoms with Crippen LogP contribution in [0.15, 0.2) is 11.8 Å². The van der Waals surface area contributed by atoms with Gasteiger partial charge in [0.1, 0.15) is 5.52 Å². The number of hydrogen-bond donors (Lipinski definition) is 2. The molecule has 34 heavy (non-hydrogen) atoms. The highest BCUT2D eigenvalue weighted by Gasteiger charge is 2.32. The minimum Gasteiger partial charge on any atom is -0.479 e. The average Bonchev–Trinajstić information content (AvgIpc) is 3.44. The average molecular weight is 468 g/mol. The van der Waals surface area contributed by atoms with Gasteiger partial charge in [-0.15, -0.1) is 0 Å². The quantitative estimate of drug-likeness (QED) is 0.445. The minimum absolute atomic E-state index is 0.0161. The van der Waals surface area contributed by atoms with Crippen molar-refractivity contribution in [2.24, 2.45) is 17.6 Å². The lowest BCUT2D eigenvalue weighted by Crippen LogP contribution is -2.24. The van der Waals surface area contributed by atoms with Crippen LogP contribution >= 0.6 is 0 Å². The Bertz CT molecular complexity index is 1160. The number of carbonyl (C=O) groups is 3. The Balaban J connectivity index is 1.95. The lowest BCUT2D eigenvalue weighted by Gasteiger charge is -2.30. The number of ketones is 1. The summed E-state index contributed by atoms with van der Waals surface area (Å²) in [5.41, 5.74) is 9.41. The van der Waals surface area contributed by atoms with Gasteiger partial charge in [-0.2, -0.15) is 0 Å². The van der Waals surface area contributed by atoms with Gasteiger partial charge in [0, 0.05) is 11.9 Å². The molecule has 2 aliphatic carbocycles. The second-order valence-electron chi connectivity index (χ2n) is 9.49. The van der Waals surface area contributed by atoms with Crippen molar-refractivity contribution in [3.63, 3.8) is 0 Å². The fourth-order valence-corrected chi connectivity index (χ4v) is 5.86.